The third-order valence-electron chi connectivity index (χ3n) is 13.3. The number of carboxylic acid groups (broad SMARTS) is 3. The number of carbonyl (C=O) groups excluding carboxylic acids is 3. The largest absolute Gasteiger partial charge is 0.871 e. The highest BCUT2D eigenvalue weighted by molar-refractivity contribution is 9.12. The summed E-state index contributed by atoms with van der Waals surface area (Å²) < 4.78 is 20.4. The minimum absolute atomic E-state index is 0. The minimum Gasteiger partial charge on any atom is -0.871 e. The number of fused-ring (bicyclic) bond motifs is 6. The minimum atomic E-state index is -1.35. The topological polar surface area (TPSA) is 280 Å². The first-order valence-electron chi connectivity index (χ1n) is 23.9. The second kappa shape index (κ2) is 28.3. The number of carboxylic acids is 3. The van der Waals surface area contributed by atoms with Crippen molar-refractivity contribution >= 4 is 277 Å². The van der Waals surface area contributed by atoms with Gasteiger partial charge in [0.2, 0.25) is 16.3 Å². The Morgan fingerprint density at radius 1 is 0.315 bits per heavy atom. The monoisotopic (exact) mass is 1980 g/mol. The highest BCUT2D eigenvalue weighted by Gasteiger charge is 2.29. The van der Waals surface area contributed by atoms with Crippen molar-refractivity contribution in [3.8, 4) is 84.6 Å². The van der Waals surface area contributed by atoms with Crippen molar-refractivity contribution in [1.29, 1.82) is 0 Å². The maximum atomic E-state index is 12.4. The molecule has 0 N–H and O–H groups in total. The first-order valence-corrected chi connectivity index (χ1v) is 33.4. The lowest BCUT2D eigenvalue weighted by molar-refractivity contribution is -0.271. The van der Waals surface area contributed by atoms with Crippen LogP contribution in [0.15, 0.2) is 191 Å². The predicted molar refractivity (Wildman–Crippen MR) is 369 cm³/mol. The number of hydrogen-bond donors (Lipinski definition) is 0. The Morgan fingerprint density at radius 3 is 0.764 bits per heavy atom. The van der Waals surface area contributed by atoms with Crippen molar-refractivity contribution in [1.82, 2.24) is 0 Å². The number of aromatic carboxylic acids is 3. The molecule has 6 aromatic rings. The summed E-state index contributed by atoms with van der Waals surface area (Å²) in [4.78, 5) is 72.5. The van der Waals surface area contributed by atoms with E-state index >= 15 is 0 Å². The number of rotatable bonds is 6. The van der Waals surface area contributed by atoms with Crippen LogP contribution in [0.3, 0.4) is 0 Å². The molecule has 0 fully saturated rings. The molecule has 0 saturated carbocycles. The van der Waals surface area contributed by atoms with Crippen LogP contribution in [0.1, 0.15) is 31.1 Å². The van der Waals surface area contributed by atoms with E-state index in [1.54, 1.807) is 91.0 Å². The van der Waals surface area contributed by atoms with Gasteiger partial charge >= 0.3 is 0 Å². The normalized spacial score (nSPS) is 11.1. The summed E-state index contributed by atoms with van der Waals surface area (Å²) in [5.41, 5.74) is 3.51. The van der Waals surface area contributed by atoms with Gasteiger partial charge in [0.15, 0.2) is 17.3 Å². The molecule has 0 aromatic heterocycles. The van der Waals surface area contributed by atoms with E-state index in [0.717, 1.165) is 0 Å². The second-order valence-electron chi connectivity index (χ2n) is 18.2. The molecule has 6 aliphatic rings. The average molecular weight is 1990 g/mol. The van der Waals surface area contributed by atoms with Crippen LogP contribution in [0.2, 0.25) is 0 Å². The summed E-state index contributed by atoms with van der Waals surface area (Å²) in [6.07, 6.45) is 0. The fraction of sp³-hybridized carbons (Fsp3) is 0. The predicted octanol–water partition coefficient (Wildman–Crippen LogP) is 14.4. The van der Waals surface area contributed by atoms with E-state index in [0.29, 0.717) is 66.2 Å². The summed E-state index contributed by atoms with van der Waals surface area (Å²) in [5, 5.41) is 74.0. The van der Waals surface area contributed by atoms with Gasteiger partial charge < -0.3 is 58.3 Å². The molecule has 0 amide bonds. The Morgan fingerprint density at radius 2 is 0.539 bits per heavy atom. The fourth-order valence-electron chi connectivity index (χ4n) is 9.47. The smallest absolute Gasteiger partial charge is 0.210 e. The molecule has 0 saturated heterocycles. The lowest BCUT2D eigenvalue weighted by atomic mass is 9.91. The maximum Gasteiger partial charge on any atom is 0.210 e. The fourth-order valence-corrected chi connectivity index (χ4v) is 16.7. The molecular weight excluding hydrogens is 1970 g/mol. The molecule has 3 aliphatic carbocycles. The highest BCUT2D eigenvalue weighted by atomic mass is 79.9. The van der Waals surface area contributed by atoms with E-state index in [1.807, 2.05) is 0 Å². The summed E-state index contributed by atoms with van der Waals surface area (Å²) in [5.74, 6) is -4.48. The highest BCUT2D eigenvalue weighted by Crippen LogP contribution is 2.52. The molecule has 444 valence electrons. The van der Waals surface area contributed by atoms with Gasteiger partial charge in [-0.25, -0.2) is 0 Å². The van der Waals surface area contributed by atoms with E-state index in [-0.39, 0.29) is 173 Å². The number of benzene rings is 9. The molecule has 0 bridgehead atoms. The Kier molecular flexibility index (Phi) is 22.6. The zero-order chi connectivity index (χ0) is 63.1. The first kappa shape index (κ1) is 70.9. The molecule has 3 aliphatic heterocycles. The van der Waals surface area contributed by atoms with E-state index in [4.69, 9.17) is 13.3 Å². The number of halogens is 12. The Bertz CT molecular complexity index is 4590. The van der Waals surface area contributed by atoms with Crippen molar-refractivity contribution in [2.45, 2.75) is 0 Å². The van der Waals surface area contributed by atoms with Crippen LogP contribution in [0, 0.1) is 0 Å². The van der Waals surface area contributed by atoms with Crippen LogP contribution in [0.5, 0.6) is 17.2 Å². The van der Waals surface area contributed by atoms with Gasteiger partial charge in [-0.1, -0.05) is 138 Å². The quantitative estimate of drug-likeness (QED) is 0.110. The molecule has 6 radical (unpaired) electrons. The first-order chi connectivity index (χ1) is 41.2. The Hall–Kier alpha value is -3.98. The van der Waals surface area contributed by atoms with Gasteiger partial charge in [0.1, 0.15) is 30.2 Å². The maximum absolute atomic E-state index is 12.4. The van der Waals surface area contributed by atoms with Gasteiger partial charge in [0, 0.05) is 114 Å². The SMILES string of the molecule is O=C([O-])c1ccccc1-c1c2cc(Br)c(=O)c(Br)c-2oc2c(Br)c([O-])c(Br)cc12.O=C([O-])c1ccccc1-c1c2cc(Br)c(=O)c(Br)c-2oc2c(Br)c([O-])c(Br)cc12.O=C([O-])c1ccccc1-c1c2cc(Br)c(=O)c(Br)c-2oc2c(Br)c([O-])c(Br)cc12.[Al].[Al]. The third kappa shape index (κ3) is 12.9. The summed E-state index contributed by atoms with van der Waals surface area (Å²) in [6, 6.07) is 28.5. The molecule has 29 heteroatoms. The van der Waals surface area contributed by atoms with Gasteiger partial charge in [0.05, 0.1) is 44.7 Å². The van der Waals surface area contributed by atoms with E-state index in [2.05, 4.69) is 191 Å². The molecule has 0 spiro atoms. The summed E-state index contributed by atoms with van der Waals surface area (Å²) >= 11 is 39.0. The molecule has 89 heavy (non-hydrogen) atoms. The molecule has 0 unspecified atom stereocenters. The van der Waals surface area contributed by atoms with Gasteiger partial charge in [-0.3, -0.25) is 14.4 Å². The molecular formula is C60H18Al2Br12O15-6. The van der Waals surface area contributed by atoms with Gasteiger partial charge in [-0.2, -0.15) is 0 Å². The van der Waals surface area contributed by atoms with Crippen LogP contribution in [0.25, 0.3) is 100 Å². The van der Waals surface area contributed by atoms with Crippen molar-refractivity contribution in [3.63, 3.8) is 0 Å². The Labute approximate surface area is 621 Å². The van der Waals surface area contributed by atoms with Crippen LogP contribution in [0.4, 0.5) is 0 Å². The lowest BCUT2D eigenvalue weighted by Gasteiger charge is -2.22. The van der Waals surface area contributed by atoms with E-state index in [9.17, 15) is 59.4 Å². The van der Waals surface area contributed by atoms with Gasteiger partial charge in [0.25, 0.3) is 0 Å². The molecule has 6 aromatic carbocycles. The van der Waals surface area contributed by atoms with Crippen molar-refractivity contribution in [2.24, 2.45) is 0 Å². The molecule has 0 atom stereocenters. The second-order valence-corrected chi connectivity index (χ2v) is 28.1. The Balaban J connectivity index is 0.000000171. The summed E-state index contributed by atoms with van der Waals surface area (Å²) in [6.45, 7) is 0. The molecule has 3 heterocycles. The van der Waals surface area contributed by atoms with Crippen molar-refractivity contribution in [3.05, 3.63) is 210 Å². The van der Waals surface area contributed by atoms with Crippen molar-refractivity contribution in [2.75, 3.05) is 0 Å². The summed E-state index contributed by atoms with van der Waals surface area (Å²) in [7, 11) is 0. The van der Waals surface area contributed by atoms with E-state index < -0.39 is 17.9 Å². The number of carbonyl (C=O) groups is 3. The zero-order valence-electron chi connectivity index (χ0n) is 43.2. The van der Waals surface area contributed by atoms with Crippen LogP contribution in [-0.2, 0) is 0 Å². The standard InChI is InChI=1S/3C20H8Br4O5.2Al/c3*21-11-5-9-13(7-3-1-2-4-8(7)20(27)28)10-6-12(22)17(26)15(24)19(10)29-18(9)14(23)16(11)25;;/h3*1-6,25H,(H,27,28);;/p-6. The molecule has 15 nitrogen and oxygen atoms in total. The lowest BCUT2D eigenvalue weighted by Crippen LogP contribution is -2.23. The number of hydrogen-bond acceptors (Lipinski definition) is 15. The van der Waals surface area contributed by atoms with Gasteiger partial charge in [-0.05, 0) is 196 Å². The average Bonchev–Trinajstić information content (AvgIpc) is 1.02. The van der Waals surface area contributed by atoms with Crippen LogP contribution >= 0.6 is 191 Å². The third-order valence-corrected chi connectivity index (χ3v) is 21.1. The van der Waals surface area contributed by atoms with E-state index in [1.165, 1.54) is 18.2 Å². The van der Waals surface area contributed by atoms with Gasteiger partial charge in [-0.15, -0.1) is 0 Å². The van der Waals surface area contributed by atoms with Crippen LogP contribution < -0.4 is 46.9 Å². The molecule has 12 rings (SSSR count). The zero-order valence-corrected chi connectivity index (χ0v) is 64.5. The van der Waals surface area contributed by atoms with Crippen molar-refractivity contribution < 1.29 is 58.3 Å². The van der Waals surface area contributed by atoms with Crippen LogP contribution in [-0.4, -0.2) is 52.6 Å².